The molecule has 1 aromatic heterocycles. The van der Waals surface area contributed by atoms with Crippen LogP contribution in [0.15, 0.2) is 66.0 Å². The number of fused-ring (bicyclic) bond motifs is 1. The van der Waals surface area contributed by atoms with Crippen LogP contribution in [0.2, 0.25) is 0 Å². The van der Waals surface area contributed by atoms with E-state index < -0.39 is 18.5 Å². The Kier molecular flexibility index (Phi) is 6.27. The van der Waals surface area contributed by atoms with Crippen LogP contribution < -0.4 is 10.2 Å². The fourth-order valence-electron chi connectivity index (χ4n) is 3.69. The molecule has 2 heterocycles. The molecule has 0 saturated heterocycles. The zero-order valence-electron chi connectivity index (χ0n) is 17.6. The third-order valence-corrected chi connectivity index (χ3v) is 5.74. The van der Waals surface area contributed by atoms with Crippen molar-refractivity contribution < 1.29 is 19.1 Å². The number of amides is 2. The number of hydrogen-bond acceptors (Lipinski definition) is 6. The summed E-state index contributed by atoms with van der Waals surface area (Å²) in [6.45, 7) is 1.33. The second-order valence-electron chi connectivity index (χ2n) is 7.26. The molecule has 0 aliphatic carbocycles. The Morgan fingerprint density at radius 3 is 2.62 bits per heavy atom. The van der Waals surface area contributed by atoms with Crippen molar-refractivity contribution in [3.63, 3.8) is 0 Å². The van der Waals surface area contributed by atoms with E-state index in [1.165, 1.54) is 22.9 Å². The number of para-hydroxylation sites is 3. The van der Waals surface area contributed by atoms with E-state index in [2.05, 4.69) is 10.3 Å². The van der Waals surface area contributed by atoms with Gasteiger partial charge in [-0.2, -0.15) is 0 Å². The Balaban J connectivity index is 1.55. The lowest BCUT2D eigenvalue weighted by molar-refractivity contribution is -0.122. The Bertz CT molecular complexity index is 1160. The van der Waals surface area contributed by atoms with Gasteiger partial charge in [-0.3, -0.25) is 14.2 Å². The third kappa shape index (κ3) is 4.24. The molecule has 0 spiro atoms. The third-order valence-electron chi connectivity index (χ3n) is 5.09. The second kappa shape index (κ2) is 9.27. The number of carbonyl (C=O) groups excluding carboxylic acids is 3. The minimum atomic E-state index is -0.653. The number of anilines is 2. The summed E-state index contributed by atoms with van der Waals surface area (Å²) in [6, 6.07) is 16.0. The standard InChI is InChI=1S/C23H22N4O4S/c1-15-12-20(28)25-17-10-6-7-11-18(17)26(15)21(29)14-31-22(30)19-13-24-23(32-2)27(19)16-8-4-3-5-9-16/h3-11,13,15H,12,14H2,1-2H3,(H,25,28). The van der Waals surface area contributed by atoms with E-state index in [0.717, 1.165) is 5.69 Å². The van der Waals surface area contributed by atoms with Gasteiger partial charge in [0.2, 0.25) is 5.91 Å². The van der Waals surface area contributed by atoms with Crippen molar-refractivity contribution in [1.82, 2.24) is 9.55 Å². The molecule has 1 N–H and O–H groups in total. The maximum Gasteiger partial charge on any atom is 0.357 e. The molecule has 2 amide bonds. The number of hydrogen-bond donors (Lipinski definition) is 1. The molecule has 1 aliphatic heterocycles. The summed E-state index contributed by atoms with van der Waals surface area (Å²) < 4.78 is 7.09. The first-order chi connectivity index (χ1) is 15.5. The Morgan fingerprint density at radius 2 is 1.88 bits per heavy atom. The molecule has 0 bridgehead atoms. The average Bonchev–Trinajstić information content (AvgIpc) is 3.18. The number of ether oxygens (including phenoxy) is 1. The van der Waals surface area contributed by atoms with Crippen LogP contribution >= 0.6 is 11.8 Å². The molecule has 8 nitrogen and oxygen atoms in total. The molecule has 0 fully saturated rings. The van der Waals surface area contributed by atoms with Gasteiger partial charge in [0, 0.05) is 18.2 Å². The average molecular weight is 451 g/mol. The highest BCUT2D eigenvalue weighted by Crippen LogP contribution is 2.31. The number of nitrogens with one attached hydrogen (secondary N) is 1. The first kappa shape index (κ1) is 21.6. The van der Waals surface area contributed by atoms with Crippen LogP contribution in [0.1, 0.15) is 23.8 Å². The fourth-order valence-corrected chi connectivity index (χ4v) is 4.23. The number of esters is 1. The van der Waals surface area contributed by atoms with E-state index in [1.54, 1.807) is 35.8 Å². The smallest absolute Gasteiger partial charge is 0.357 e. The Labute approximate surface area is 189 Å². The number of nitrogens with zero attached hydrogens (tertiary/aromatic N) is 3. The van der Waals surface area contributed by atoms with Gasteiger partial charge in [0.15, 0.2) is 17.5 Å². The summed E-state index contributed by atoms with van der Waals surface area (Å²) in [5.74, 6) is -1.24. The predicted molar refractivity (Wildman–Crippen MR) is 122 cm³/mol. The predicted octanol–water partition coefficient (Wildman–Crippen LogP) is 3.51. The van der Waals surface area contributed by atoms with E-state index in [4.69, 9.17) is 4.74 Å². The molecule has 4 rings (SSSR count). The summed E-state index contributed by atoms with van der Waals surface area (Å²) in [7, 11) is 0. The lowest BCUT2D eigenvalue weighted by atomic mass is 10.1. The molecule has 32 heavy (non-hydrogen) atoms. The summed E-state index contributed by atoms with van der Waals surface area (Å²) in [5, 5.41) is 3.44. The van der Waals surface area contributed by atoms with Gasteiger partial charge in [-0.15, -0.1) is 0 Å². The molecule has 1 aliphatic rings. The normalized spacial score (nSPS) is 15.5. The quantitative estimate of drug-likeness (QED) is 0.472. The molecular weight excluding hydrogens is 428 g/mol. The first-order valence-electron chi connectivity index (χ1n) is 10.0. The molecule has 2 aromatic carbocycles. The van der Waals surface area contributed by atoms with Crippen LogP contribution in [0.25, 0.3) is 5.69 Å². The van der Waals surface area contributed by atoms with Gasteiger partial charge in [-0.05, 0) is 37.4 Å². The molecule has 164 valence electrons. The van der Waals surface area contributed by atoms with Crippen molar-refractivity contribution in [3.05, 3.63) is 66.5 Å². The van der Waals surface area contributed by atoms with Gasteiger partial charge in [0.25, 0.3) is 5.91 Å². The van der Waals surface area contributed by atoms with E-state index >= 15 is 0 Å². The molecular formula is C23H22N4O4S. The molecule has 1 unspecified atom stereocenters. The van der Waals surface area contributed by atoms with Crippen molar-refractivity contribution in [1.29, 1.82) is 0 Å². The van der Waals surface area contributed by atoms with Crippen molar-refractivity contribution in [2.75, 3.05) is 23.1 Å². The van der Waals surface area contributed by atoms with Crippen molar-refractivity contribution in [3.8, 4) is 5.69 Å². The molecule has 9 heteroatoms. The largest absolute Gasteiger partial charge is 0.451 e. The number of benzene rings is 2. The Hall–Kier alpha value is -3.59. The molecule has 0 saturated carbocycles. The topological polar surface area (TPSA) is 93.5 Å². The van der Waals surface area contributed by atoms with E-state index in [1.807, 2.05) is 36.6 Å². The van der Waals surface area contributed by atoms with E-state index in [9.17, 15) is 14.4 Å². The second-order valence-corrected chi connectivity index (χ2v) is 8.03. The van der Waals surface area contributed by atoms with Crippen LogP contribution in [0.4, 0.5) is 11.4 Å². The summed E-state index contributed by atoms with van der Waals surface area (Å²) >= 11 is 1.40. The van der Waals surface area contributed by atoms with E-state index in [0.29, 0.717) is 16.5 Å². The van der Waals surface area contributed by atoms with Crippen LogP contribution in [-0.2, 0) is 14.3 Å². The Morgan fingerprint density at radius 1 is 1.16 bits per heavy atom. The van der Waals surface area contributed by atoms with Gasteiger partial charge in [0.1, 0.15) is 0 Å². The van der Waals surface area contributed by atoms with E-state index in [-0.39, 0.29) is 24.1 Å². The van der Waals surface area contributed by atoms with Crippen molar-refractivity contribution in [2.24, 2.45) is 0 Å². The lowest BCUT2D eigenvalue weighted by Gasteiger charge is -2.27. The molecule has 1 atom stereocenters. The number of rotatable bonds is 5. The zero-order chi connectivity index (χ0) is 22.7. The SMILES string of the molecule is CSc1ncc(C(=O)OCC(=O)N2c3ccccc3NC(=O)CC2C)n1-c1ccccc1. The summed E-state index contributed by atoms with van der Waals surface area (Å²) in [4.78, 5) is 43.9. The minimum Gasteiger partial charge on any atom is -0.451 e. The van der Waals surface area contributed by atoms with Crippen LogP contribution in [-0.4, -0.2) is 46.2 Å². The van der Waals surface area contributed by atoms with Crippen molar-refractivity contribution in [2.45, 2.75) is 24.5 Å². The van der Waals surface area contributed by atoms with Crippen LogP contribution in [0.5, 0.6) is 0 Å². The molecule has 3 aromatic rings. The minimum absolute atomic E-state index is 0.145. The van der Waals surface area contributed by atoms with Crippen molar-refractivity contribution >= 4 is 40.9 Å². The first-order valence-corrected chi connectivity index (χ1v) is 11.3. The highest BCUT2D eigenvalue weighted by Gasteiger charge is 2.30. The fraction of sp³-hybridized carbons (Fsp3) is 0.217. The van der Waals surface area contributed by atoms with Gasteiger partial charge in [0.05, 0.1) is 17.6 Å². The maximum absolute atomic E-state index is 13.1. The number of thioether (sulfide) groups is 1. The molecule has 0 radical (unpaired) electrons. The van der Waals surface area contributed by atoms with Gasteiger partial charge in [-0.25, -0.2) is 9.78 Å². The van der Waals surface area contributed by atoms with Crippen LogP contribution in [0, 0.1) is 0 Å². The highest BCUT2D eigenvalue weighted by atomic mass is 32.2. The summed E-state index contributed by atoms with van der Waals surface area (Å²) in [5.41, 5.74) is 2.13. The van der Waals surface area contributed by atoms with Gasteiger partial charge in [-0.1, -0.05) is 42.1 Å². The van der Waals surface area contributed by atoms with Gasteiger partial charge >= 0.3 is 5.97 Å². The number of carbonyl (C=O) groups is 3. The number of imidazole rings is 1. The maximum atomic E-state index is 13.1. The van der Waals surface area contributed by atoms with Gasteiger partial charge < -0.3 is 15.0 Å². The van der Waals surface area contributed by atoms with Crippen LogP contribution in [0.3, 0.4) is 0 Å². The number of aromatic nitrogens is 2. The summed E-state index contributed by atoms with van der Waals surface area (Å²) in [6.07, 6.45) is 3.46. The zero-order valence-corrected chi connectivity index (χ0v) is 18.5. The monoisotopic (exact) mass is 450 g/mol. The lowest BCUT2D eigenvalue weighted by Crippen LogP contribution is -2.41. The highest BCUT2D eigenvalue weighted by molar-refractivity contribution is 7.98.